The van der Waals surface area contributed by atoms with E-state index >= 15 is 0 Å². The summed E-state index contributed by atoms with van der Waals surface area (Å²) in [6, 6.07) is 13.7. The van der Waals surface area contributed by atoms with Crippen LogP contribution in [0.2, 0.25) is 0 Å². The minimum absolute atomic E-state index is 0.282. The quantitative estimate of drug-likeness (QED) is 0.233. The van der Waals surface area contributed by atoms with Gasteiger partial charge in [-0.2, -0.15) is 0 Å². The van der Waals surface area contributed by atoms with E-state index in [-0.39, 0.29) is 12.2 Å². The lowest BCUT2D eigenvalue weighted by atomic mass is 9.61. The lowest BCUT2D eigenvalue weighted by Gasteiger charge is -2.44. The second-order valence-electron chi connectivity index (χ2n) is 14.6. The van der Waals surface area contributed by atoms with E-state index < -0.39 is 0 Å². The summed E-state index contributed by atoms with van der Waals surface area (Å²) in [6.45, 7) is 17.1. The fourth-order valence-corrected chi connectivity index (χ4v) is 7.23. The largest absolute Gasteiger partial charge is 0.490 e. The molecule has 4 nitrogen and oxygen atoms in total. The summed E-state index contributed by atoms with van der Waals surface area (Å²) >= 11 is 0. The van der Waals surface area contributed by atoms with Crippen molar-refractivity contribution in [2.75, 3.05) is 26.4 Å². The van der Waals surface area contributed by atoms with E-state index in [0.29, 0.717) is 30.5 Å². The molecule has 2 fully saturated rings. The second kappa shape index (κ2) is 12.8. The molecule has 2 saturated heterocycles. The highest BCUT2D eigenvalue weighted by Crippen LogP contribution is 2.50. The number of ether oxygens (including phenoxy) is 4. The Labute approximate surface area is 259 Å². The lowest BCUT2D eigenvalue weighted by molar-refractivity contribution is 0.0991. The molecule has 0 amide bonds. The molecule has 4 heteroatoms. The molecule has 4 aliphatic rings. The smallest absolute Gasteiger partial charge is 0.122 e. The van der Waals surface area contributed by atoms with E-state index in [2.05, 4.69) is 90.1 Å². The molecule has 0 radical (unpaired) electrons. The van der Waals surface area contributed by atoms with Crippen molar-refractivity contribution in [3.63, 3.8) is 0 Å². The number of benzene rings is 2. The van der Waals surface area contributed by atoms with Crippen LogP contribution in [0.3, 0.4) is 0 Å². The molecule has 6 rings (SSSR count). The zero-order chi connectivity index (χ0) is 30.1. The van der Waals surface area contributed by atoms with Gasteiger partial charge in [0, 0.05) is 0 Å². The highest BCUT2D eigenvalue weighted by Gasteiger charge is 2.38. The van der Waals surface area contributed by atoms with Crippen LogP contribution < -0.4 is 9.47 Å². The number of hydrogen-bond acceptors (Lipinski definition) is 4. The third kappa shape index (κ3) is 7.23. The molecular formula is C39H52O4. The molecule has 2 aliphatic heterocycles. The average Bonchev–Trinajstić information content (AvgIpc) is 3.95. The van der Waals surface area contributed by atoms with E-state index in [1.165, 1.54) is 59.1 Å². The zero-order valence-corrected chi connectivity index (χ0v) is 27.3. The summed E-state index contributed by atoms with van der Waals surface area (Å²) in [5, 5.41) is 0. The van der Waals surface area contributed by atoms with Crippen LogP contribution in [-0.4, -0.2) is 38.6 Å². The van der Waals surface area contributed by atoms with Gasteiger partial charge >= 0.3 is 0 Å². The lowest BCUT2D eigenvalue weighted by Crippen LogP contribution is -2.34. The Morgan fingerprint density at radius 2 is 1.12 bits per heavy atom. The van der Waals surface area contributed by atoms with Crippen LogP contribution in [0.25, 0.3) is 11.1 Å². The Kier molecular flexibility index (Phi) is 9.08. The first kappa shape index (κ1) is 30.5. The molecule has 2 aromatic carbocycles. The van der Waals surface area contributed by atoms with Crippen molar-refractivity contribution in [2.45, 2.75) is 104 Å². The Morgan fingerprint density at radius 1 is 0.698 bits per heavy atom. The normalized spacial score (nSPS) is 25.4. The summed E-state index contributed by atoms with van der Waals surface area (Å²) in [6.07, 6.45) is 12.9. The standard InChI is InChI=1S/C39H52O4/c1-25(2)35-19-29(11-17-37(35)42-23-33-21-40-33)27-7-13-31(14-8-27)39(5,6)32-15-9-28(10-16-32)30-12-18-38(36(20-30)26(3)4)43-24-34-22-41-34/h7,9,11-12,17-20,25-26,31-34H,8,10,13-16,21-24H2,1-6H3. The molecule has 0 N–H and O–H groups in total. The summed E-state index contributed by atoms with van der Waals surface area (Å²) in [7, 11) is 0. The number of hydrogen-bond donors (Lipinski definition) is 0. The molecular weight excluding hydrogens is 532 g/mol. The maximum absolute atomic E-state index is 6.11. The molecule has 0 saturated carbocycles. The van der Waals surface area contributed by atoms with Gasteiger partial charge in [0.05, 0.1) is 13.2 Å². The fourth-order valence-electron chi connectivity index (χ4n) is 7.23. The van der Waals surface area contributed by atoms with Crippen molar-refractivity contribution in [1.82, 2.24) is 0 Å². The number of allylic oxidation sites excluding steroid dienone is 4. The van der Waals surface area contributed by atoms with E-state index in [4.69, 9.17) is 18.9 Å². The summed E-state index contributed by atoms with van der Waals surface area (Å²) in [4.78, 5) is 0. The summed E-state index contributed by atoms with van der Waals surface area (Å²) in [5.41, 5.74) is 8.70. The Bertz CT molecular complexity index is 1240. The van der Waals surface area contributed by atoms with Crippen LogP contribution in [0, 0.1) is 17.3 Å². The van der Waals surface area contributed by atoms with Crippen molar-refractivity contribution >= 4 is 11.1 Å². The molecule has 2 aromatic rings. The van der Waals surface area contributed by atoms with Crippen LogP contribution in [-0.2, 0) is 9.47 Å². The Balaban J connectivity index is 1.09. The monoisotopic (exact) mass is 584 g/mol. The fraction of sp³-hybridized carbons (Fsp3) is 0.590. The third-order valence-electron chi connectivity index (χ3n) is 10.6. The van der Waals surface area contributed by atoms with E-state index in [1.54, 1.807) is 0 Å². The van der Waals surface area contributed by atoms with Crippen LogP contribution in [0.5, 0.6) is 11.5 Å². The van der Waals surface area contributed by atoms with Gasteiger partial charge in [0.1, 0.15) is 36.9 Å². The van der Waals surface area contributed by atoms with E-state index in [0.717, 1.165) is 49.4 Å². The molecule has 0 bridgehead atoms. The molecule has 4 atom stereocenters. The SMILES string of the molecule is CC(C)c1cc(C2=CCC(C(C)(C)C3CC=C(c4ccc(OCC5CO5)c(C(C)C)c4)CC3)CC2)ccc1OCC1CO1. The van der Waals surface area contributed by atoms with Crippen molar-refractivity contribution in [2.24, 2.45) is 17.3 Å². The van der Waals surface area contributed by atoms with Gasteiger partial charge in [-0.15, -0.1) is 0 Å². The minimum Gasteiger partial charge on any atom is -0.490 e. The van der Waals surface area contributed by atoms with Gasteiger partial charge in [-0.3, -0.25) is 0 Å². The third-order valence-corrected chi connectivity index (χ3v) is 10.6. The highest BCUT2D eigenvalue weighted by molar-refractivity contribution is 5.69. The van der Waals surface area contributed by atoms with Gasteiger partial charge in [-0.25, -0.2) is 0 Å². The molecule has 232 valence electrons. The summed E-state index contributed by atoms with van der Waals surface area (Å²) < 4.78 is 22.9. The van der Waals surface area contributed by atoms with Gasteiger partial charge in [0.25, 0.3) is 0 Å². The predicted molar refractivity (Wildman–Crippen MR) is 176 cm³/mol. The van der Waals surface area contributed by atoms with Crippen LogP contribution in [0.15, 0.2) is 48.6 Å². The first-order valence-electron chi connectivity index (χ1n) is 16.8. The number of epoxide rings is 2. The van der Waals surface area contributed by atoms with Gasteiger partial charge in [-0.1, -0.05) is 65.8 Å². The molecule has 0 spiro atoms. The van der Waals surface area contributed by atoms with Crippen molar-refractivity contribution < 1.29 is 18.9 Å². The molecule has 2 heterocycles. The topological polar surface area (TPSA) is 43.5 Å². The maximum atomic E-state index is 6.11. The first-order valence-corrected chi connectivity index (χ1v) is 16.8. The molecule has 43 heavy (non-hydrogen) atoms. The molecule has 0 aromatic heterocycles. The molecule has 4 unspecified atom stereocenters. The average molecular weight is 585 g/mol. The summed E-state index contributed by atoms with van der Waals surface area (Å²) in [5.74, 6) is 4.34. The van der Waals surface area contributed by atoms with E-state index in [1.807, 2.05) is 0 Å². The second-order valence-corrected chi connectivity index (χ2v) is 14.6. The van der Waals surface area contributed by atoms with Gasteiger partial charge in [-0.05, 0) is 125 Å². The highest BCUT2D eigenvalue weighted by atomic mass is 16.6. The van der Waals surface area contributed by atoms with Gasteiger partial charge in [0.2, 0.25) is 0 Å². The number of rotatable bonds is 12. The Hall–Kier alpha value is -2.56. The maximum Gasteiger partial charge on any atom is 0.122 e. The van der Waals surface area contributed by atoms with Crippen LogP contribution in [0.4, 0.5) is 0 Å². The van der Waals surface area contributed by atoms with Crippen molar-refractivity contribution in [1.29, 1.82) is 0 Å². The zero-order valence-electron chi connectivity index (χ0n) is 27.3. The molecule has 2 aliphatic carbocycles. The van der Waals surface area contributed by atoms with Crippen LogP contribution >= 0.6 is 0 Å². The Morgan fingerprint density at radius 3 is 1.44 bits per heavy atom. The first-order chi connectivity index (χ1) is 20.7. The van der Waals surface area contributed by atoms with Gasteiger partial charge < -0.3 is 18.9 Å². The van der Waals surface area contributed by atoms with Crippen molar-refractivity contribution in [3.05, 3.63) is 70.8 Å². The van der Waals surface area contributed by atoms with E-state index in [9.17, 15) is 0 Å². The predicted octanol–water partition coefficient (Wildman–Crippen LogP) is 9.58. The minimum atomic E-state index is 0.282. The van der Waals surface area contributed by atoms with Crippen LogP contribution in [0.1, 0.15) is 114 Å². The van der Waals surface area contributed by atoms with Gasteiger partial charge in [0.15, 0.2) is 0 Å². The van der Waals surface area contributed by atoms with Crippen molar-refractivity contribution in [3.8, 4) is 11.5 Å².